The highest BCUT2D eigenvalue weighted by molar-refractivity contribution is 7.89. The number of carbonyl (C=O) groups excluding carboxylic acids is 1. The van der Waals surface area contributed by atoms with Crippen LogP contribution in [-0.4, -0.2) is 39.2 Å². The van der Waals surface area contributed by atoms with Crippen molar-refractivity contribution >= 4 is 15.9 Å². The summed E-state index contributed by atoms with van der Waals surface area (Å²) in [6, 6.07) is -0.215. The van der Waals surface area contributed by atoms with Gasteiger partial charge in [0.25, 0.3) is 0 Å². The SMILES string of the molecule is CCS(=O)(=O)NCCNC(=O)C(C)C(C)N. The second kappa shape index (κ2) is 6.82. The predicted octanol–water partition coefficient (Wildman–Crippen LogP) is -0.975. The molecule has 0 aliphatic rings. The van der Waals surface area contributed by atoms with Crippen molar-refractivity contribution in [1.29, 1.82) is 0 Å². The van der Waals surface area contributed by atoms with Crippen LogP contribution in [0.2, 0.25) is 0 Å². The molecule has 0 aromatic heterocycles. The Morgan fingerprint density at radius 1 is 1.31 bits per heavy atom. The number of amides is 1. The number of hydrogen-bond donors (Lipinski definition) is 3. The number of nitrogens with two attached hydrogens (primary N) is 1. The molecule has 0 spiro atoms. The predicted molar refractivity (Wildman–Crippen MR) is 63.3 cm³/mol. The van der Waals surface area contributed by atoms with Crippen LogP contribution in [0.25, 0.3) is 0 Å². The summed E-state index contributed by atoms with van der Waals surface area (Å²) >= 11 is 0. The van der Waals surface area contributed by atoms with Gasteiger partial charge in [0, 0.05) is 25.0 Å². The monoisotopic (exact) mass is 251 g/mol. The zero-order valence-corrected chi connectivity index (χ0v) is 10.8. The van der Waals surface area contributed by atoms with E-state index in [9.17, 15) is 13.2 Å². The second-order valence-electron chi connectivity index (χ2n) is 3.74. The quantitative estimate of drug-likeness (QED) is 0.506. The molecule has 0 radical (unpaired) electrons. The standard InChI is InChI=1S/C9H21N3O3S/c1-4-16(14,15)12-6-5-11-9(13)7(2)8(3)10/h7-8,12H,4-6,10H2,1-3H3,(H,11,13). The van der Waals surface area contributed by atoms with Crippen molar-refractivity contribution in [2.24, 2.45) is 11.7 Å². The van der Waals surface area contributed by atoms with Crippen LogP contribution in [0.1, 0.15) is 20.8 Å². The molecule has 0 aliphatic heterocycles. The molecule has 2 unspecified atom stereocenters. The third kappa shape index (κ3) is 6.04. The Bertz CT molecular complexity index is 314. The molecule has 6 nitrogen and oxygen atoms in total. The van der Waals surface area contributed by atoms with Gasteiger partial charge in [0.15, 0.2) is 0 Å². The lowest BCUT2D eigenvalue weighted by Crippen LogP contribution is -2.41. The van der Waals surface area contributed by atoms with Crippen LogP contribution < -0.4 is 15.8 Å². The lowest BCUT2D eigenvalue weighted by atomic mass is 10.0. The molecule has 0 aromatic rings. The first-order valence-electron chi connectivity index (χ1n) is 5.30. The van der Waals surface area contributed by atoms with E-state index in [1.165, 1.54) is 0 Å². The van der Waals surface area contributed by atoms with Crippen molar-refractivity contribution < 1.29 is 13.2 Å². The number of hydrogen-bond acceptors (Lipinski definition) is 4. The summed E-state index contributed by atoms with van der Waals surface area (Å²) in [6.45, 7) is 5.52. The first-order chi connectivity index (χ1) is 7.30. The van der Waals surface area contributed by atoms with E-state index in [4.69, 9.17) is 5.73 Å². The molecule has 0 bridgehead atoms. The Morgan fingerprint density at radius 2 is 1.88 bits per heavy atom. The third-order valence-electron chi connectivity index (χ3n) is 2.33. The molecule has 0 saturated carbocycles. The molecule has 0 rings (SSSR count). The minimum Gasteiger partial charge on any atom is -0.355 e. The fourth-order valence-corrected chi connectivity index (χ4v) is 1.51. The zero-order valence-electron chi connectivity index (χ0n) is 9.99. The number of nitrogens with one attached hydrogen (secondary N) is 2. The molecule has 1 amide bonds. The van der Waals surface area contributed by atoms with Crippen molar-refractivity contribution in [3.8, 4) is 0 Å². The fraction of sp³-hybridized carbons (Fsp3) is 0.889. The fourth-order valence-electron chi connectivity index (χ4n) is 0.894. The summed E-state index contributed by atoms with van der Waals surface area (Å²) < 4.78 is 24.4. The Balaban J connectivity index is 3.80. The zero-order chi connectivity index (χ0) is 12.8. The van der Waals surface area contributed by atoms with Gasteiger partial charge in [-0.15, -0.1) is 0 Å². The van der Waals surface area contributed by atoms with Gasteiger partial charge in [-0.3, -0.25) is 4.79 Å². The van der Waals surface area contributed by atoms with Gasteiger partial charge < -0.3 is 11.1 Å². The molecule has 0 heterocycles. The maximum atomic E-state index is 11.4. The van der Waals surface area contributed by atoms with Crippen molar-refractivity contribution in [2.75, 3.05) is 18.8 Å². The topological polar surface area (TPSA) is 101 Å². The number of rotatable bonds is 7. The van der Waals surface area contributed by atoms with Crippen LogP contribution in [0.3, 0.4) is 0 Å². The van der Waals surface area contributed by atoms with Gasteiger partial charge in [-0.1, -0.05) is 6.92 Å². The highest BCUT2D eigenvalue weighted by atomic mass is 32.2. The Hall–Kier alpha value is -0.660. The van der Waals surface area contributed by atoms with Gasteiger partial charge >= 0.3 is 0 Å². The van der Waals surface area contributed by atoms with Gasteiger partial charge in [0.2, 0.25) is 15.9 Å². The van der Waals surface area contributed by atoms with Crippen molar-refractivity contribution in [2.45, 2.75) is 26.8 Å². The largest absolute Gasteiger partial charge is 0.355 e. The molecule has 96 valence electrons. The lowest BCUT2D eigenvalue weighted by molar-refractivity contribution is -0.124. The molecule has 0 fully saturated rings. The van der Waals surface area contributed by atoms with E-state index in [1.807, 2.05) is 0 Å². The summed E-state index contributed by atoms with van der Waals surface area (Å²) in [6.07, 6.45) is 0. The van der Waals surface area contributed by atoms with Crippen LogP contribution in [0.15, 0.2) is 0 Å². The first-order valence-corrected chi connectivity index (χ1v) is 6.96. The van der Waals surface area contributed by atoms with E-state index in [1.54, 1.807) is 20.8 Å². The number of carbonyl (C=O) groups is 1. The summed E-state index contributed by atoms with van der Waals surface area (Å²) in [7, 11) is -3.18. The van der Waals surface area contributed by atoms with E-state index < -0.39 is 10.0 Å². The normalized spacial score (nSPS) is 15.5. The molecule has 4 N–H and O–H groups in total. The molecule has 0 saturated heterocycles. The second-order valence-corrected chi connectivity index (χ2v) is 5.83. The maximum Gasteiger partial charge on any atom is 0.224 e. The van der Waals surface area contributed by atoms with E-state index in [0.717, 1.165) is 0 Å². The summed E-state index contributed by atoms with van der Waals surface area (Å²) in [5.74, 6) is -0.398. The Kier molecular flexibility index (Phi) is 6.54. The van der Waals surface area contributed by atoms with E-state index >= 15 is 0 Å². The highest BCUT2D eigenvalue weighted by Crippen LogP contribution is 1.98. The van der Waals surface area contributed by atoms with Crippen LogP contribution >= 0.6 is 0 Å². The Labute approximate surface area is 97.0 Å². The summed E-state index contributed by atoms with van der Waals surface area (Å²) in [4.78, 5) is 11.4. The van der Waals surface area contributed by atoms with Crippen LogP contribution in [0.4, 0.5) is 0 Å². The first kappa shape index (κ1) is 15.3. The van der Waals surface area contributed by atoms with E-state index in [2.05, 4.69) is 10.0 Å². The van der Waals surface area contributed by atoms with E-state index in [-0.39, 0.29) is 36.7 Å². The molecule has 0 aromatic carbocycles. The summed E-state index contributed by atoms with van der Waals surface area (Å²) in [5.41, 5.74) is 5.56. The number of sulfonamides is 1. The molecule has 7 heteroatoms. The van der Waals surface area contributed by atoms with Crippen molar-refractivity contribution in [3.05, 3.63) is 0 Å². The average molecular weight is 251 g/mol. The van der Waals surface area contributed by atoms with Crippen LogP contribution in [-0.2, 0) is 14.8 Å². The van der Waals surface area contributed by atoms with Crippen molar-refractivity contribution in [1.82, 2.24) is 10.0 Å². The minimum atomic E-state index is -3.18. The molecule has 2 atom stereocenters. The third-order valence-corrected chi connectivity index (χ3v) is 3.73. The lowest BCUT2D eigenvalue weighted by Gasteiger charge is -2.15. The maximum absolute atomic E-state index is 11.4. The smallest absolute Gasteiger partial charge is 0.224 e. The molecular weight excluding hydrogens is 230 g/mol. The van der Waals surface area contributed by atoms with E-state index in [0.29, 0.717) is 0 Å². The average Bonchev–Trinajstić information content (AvgIpc) is 2.22. The van der Waals surface area contributed by atoms with Crippen LogP contribution in [0, 0.1) is 5.92 Å². The Morgan fingerprint density at radius 3 is 2.31 bits per heavy atom. The van der Waals surface area contributed by atoms with Crippen LogP contribution in [0.5, 0.6) is 0 Å². The summed E-state index contributed by atoms with van der Waals surface area (Å²) in [5, 5.41) is 2.61. The van der Waals surface area contributed by atoms with Gasteiger partial charge in [0.1, 0.15) is 0 Å². The van der Waals surface area contributed by atoms with Gasteiger partial charge in [-0.2, -0.15) is 0 Å². The van der Waals surface area contributed by atoms with Gasteiger partial charge in [-0.25, -0.2) is 13.1 Å². The molecular formula is C9H21N3O3S. The highest BCUT2D eigenvalue weighted by Gasteiger charge is 2.16. The van der Waals surface area contributed by atoms with Gasteiger partial charge in [-0.05, 0) is 13.8 Å². The molecule has 16 heavy (non-hydrogen) atoms. The minimum absolute atomic E-state index is 0.0389. The van der Waals surface area contributed by atoms with Crippen molar-refractivity contribution in [3.63, 3.8) is 0 Å². The molecule has 0 aliphatic carbocycles. The van der Waals surface area contributed by atoms with Gasteiger partial charge in [0.05, 0.1) is 5.75 Å².